The molecule has 0 aliphatic heterocycles. The molecule has 0 aliphatic rings. The maximum Gasteiger partial charge on any atom is 0.342 e. The van der Waals surface area contributed by atoms with Gasteiger partial charge in [-0.3, -0.25) is 9.59 Å². The van der Waals surface area contributed by atoms with Gasteiger partial charge in [0.1, 0.15) is 17.0 Å². The third kappa shape index (κ3) is 5.53. The zero-order chi connectivity index (χ0) is 24.8. The molecule has 0 unspecified atom stereocenters. The largest absolute Gasteiger partial charge is 0.497 e. The van der Waals surface area contributed by atoms with Crippen LogP contribution < -0.4 is 15.8 Å². The standard InChI is InChI=1S/C26H22N4O5/c1-34-21-13-9-17(10-14-21)24-22(15-30(29-24)20-5-3-2-4-6-20)26(33)35-16-23(31)28-19-11-7-18(8-12-19)25(27)32/h2-15H,16H2,1H3,(H2,27,32)(H,28,31). The lowest BCUT2D eigenvalue weighted by Gasteiger charge is -2.07. The van der Waals surface area contributed by atoms with Crippen LogP contribution in [0.5, 0.6) is 5.75 Å². The van der Waals surface area contributed by atoms with Gasteiger partial charge in [0.2, 0.25) is 5.91 Å². The number of carbonyl (C=O) groups is 3. The number of hydrogen-bond acceptors (Lipinski definition) is 6. The smallest absolute Gasteiger partial charge is 0.342 e. The molecule has 35 heavy (non-hydrogen) atoms. The van der Waals surface area contributed by atoms with Gasteiger partial charge in [0.25, 0.3) is 5.91 Å². The first-order valence-electron chi connectivity index (χ1n) is 10.6. The van der Waals surface area contributed by atoms with E-state index in [1.54, 1.807) is 42.3 Å². The minimum absolute atomic E-state index is 0.206. The van der Waals surface area contributed by atoms with Crippen LogP contribution in [0.2, 0.25) is 0 Å². The molecule has 0 radical (unpaired) electrons. The quantitative estimate of drug-likeness (QED) is 0.380. The van der Waals surface area contributed by atoms with Crippen LogP contribution in [-0.4, -0.2) is 41.3 Å². The van der Waals surface area contributed by atoms with Crippen LogP contribution in [0.25, 0.3) is 16.9 Å². The third-order valence-electron chi connectivity index (χ3n) is 5.11. The number of nitrogens with one attached hydrogen (secondary N) is 1. The number of anilines is 1. The average molecular weight is 470 g/mol. The number of aromatic nitrogens is 2. The number of benzene rings is 3. The van der Waals surface area contributed by atoms with E-state index in [4.69, 9.17) is 15.2 Å². The van der Waals surface area contributed by atoms with E-state index in [2.05, 4.69) is 10.4 Å². The molecule has 4 rings (SSSR count). The van der Waals surface area contributed by atoms with E-state index in [-0.39, 0.29) is 5.56 Å². The minimum Gasteiger partial charge on any atom is -0.497 e. The number of primary amides is 1. The van der Waals surface area contributed by atoms with Crippen molar-refractivity contribution in [2.24, 2.45) is 5.73 Å². The molecule has 0 aliphatic carbocycles. The second-order valence-corrected chi connectivity index (χ2v) is 7.47. The first-order valence-corrected chi connectivity index (χ1v) is 10.6. The summed E-state index contributed by atoms with van der Waals surface area (Å²) in [6, 6.07) is 22.5. The van der Waals surface area contributed by atoms with Gasteiger partial charge in [-0.25, -0.2) is 9.48 Å². The molecular formula is C26H22N4O5. The van der Waals surface area contributed by atoms with Crippen LogP contribution in [0.15, 0.2) is 85.1 Å². The minimum atomic E-state index is -0.697. The van der Waals surface area contributed by atoms with Crippen molar-refractivity contribution in [3.05, 3.63) is 96.2 Å². The molecule has 4 aromatic rings. The molecule has 2 amide bonds. The summed E-state index contributed by atoms with van der Waals surface area (Å²) in [6.45, 7) is -0.505. The summed E-state index contributed by atoms with van der Waals surface area (Å²) in [7, 11) is 1.57. The number of nitrogens with two attached hydrogens (primary N) is 1. The topological polar surface area (TPSA) is 126 Å². The van der Waals surface area contributed by atoms with Gasteiger partial charge in [0, 0.05) is 23.0 Å². The van der Waals surface area contributed by atoms with Crippen LogP contribution in [0.4, 0.5) is 5.69 Å². The Labute approximate surface area is 201 Å². The maximum atomic E-state index is 13.0. The molecule has 0 spiro atoms. The SMILES string of the molecule is COc1ccc(-c2nn(-c3ccccc3)cc2C(=O)OCC(=O)Nc2ccc(C(N)=O)cc2)cc1. The molecule has 0 saturated carbocycles. The number of methoxy groups -OCH3 is 1. The number of para-hydroxylation sites is 1. The molecule has 9 nitrogen and oxygen atoms in total. The number of esters is 1. The fourth-order valence-corrected chi connectivity index (χ4v) is 3.32. The van der Waals surface area contributed by atoms with Gasteiger partial charge in [0.15, 0.2) is 6.61 Å². The highest BCUT2D eigenvalue weighted by atomic mass is 16.5. The molecule has 0 atom stereocenters. The molecule has 176 valence electrons. The summed E-state index contributed by atoms with van der Waals surface area (Å²) in [5, 5.41) is 7.18. The normalized spacial score (nSPS) is 10.4. The van der Waals surface area contributed by atoms with Gasteiger partial charge in [0.05, 0.1) is 12.8 Å². The van der Waals surface area contributed by atoms with Crippen LogP contribution in [0, 0.1) is 0 Å². The van der Waals surface area contributed by atoms with Crippen molar-refractivity contribution in [3.8, 4) is 22.7 Å². The second-order valence-electron chi connectivity index (χ2n) is 7.47. The second kappa shape index (κ2) is 10.3. The van der Waals surface area contributed by atoms with Crippen molar-refractivity contribution in [1.29, 1.82) is 0 Å². The Balaban J connectivity index is 1.52. The molecule has 0 fully saturated rings. The zero-order valence-corrected chi connectivity index (χ0v) is 18.8. The Morgan fingerprint density at radius 3 is 2.26 bits per heavy atom. The Morgan fingerprint density at radius 2 is 1.63 bits per heavy atom. The predicted octanol–water partition coefficient (Wildman–Crippen LogP) is 3.44. The van der Waals surface area contributed by atoms with Crippen molar-refractivity contribution < 1.29 is 23.9 Å². The Morgan fingerprint density at radius 1 is 0.943 bits per heavy atom. The van der Waals surface area contributed by atoms with Crippen LogP contribution in [0.3, 0.4) is 0 Å². The number of nitrogens with zero attached hydrogens (tertiary/aromatic N) is 2. The van der Waals surface area contributed by atoms with E-state index in [9.17, 15) is 14.4 Å². The number of rotatable bonds is 8. The lowest BCUT2D eigenvalue weighted by Crippen LogP contribution is -2.21. The molecule has 1 aromatic heterocycles. The van der Waals surface area contributed by atoms with Crippen LogP contribution in [0.1, 0.15) is 20.7 Å². The summed E-state index contributed by atoms with van der Waals surface area (Å²) >= 11 is 0. The van der Waals surface area contributed by atoms with E-state index in [0.29, 0.717) is 28.3 Å². The fourth-order valence-electron chi connectivity index (χ4n) is 3.32. The van der Waals surface area contributed by atoms with Crippen molar-refractivity contribution >= 4 is 23.5 Å². The van der Waals surface area contributed by atoms with Gasteiger partial charge in [-0.2, -0.15) is 5.10 Å². The van der Waals surface area contributed by atoms with Gasteiger partial charge in [-0.15, -0.1) is 0 Å². The predicted molar refractivity (Wildman–Crippen MR) is 129 cm³/mol. The summed E-state index contributed by atoms with van der Waals surface area (Å²) in [6.07, 6.45) is 1.57. The van der Waals surface area contributed by atoms with Gasteiger partial charge in [-0.1, -0.05) is 18.2 Å². The van der Waals surface area contributed by atoms with Gasteiger partial charge >= 0.3 is 5.97 Å². The number of hydrogen-bond donors (Lipinski definition) is 2. The molecule has 9 heteroatoms. The van der Waals surface area contributed by atoms with Crippen molar-refractivity contribution in [2.45, 2.75) is 0 Å². The van der Waals surface area contributed by atoms with Gasteiger partial charge in [-0.05, 0) is 60.7 Å². The Bertz CT molecular complexity index is 1350. The zero-order valence-electron chi connectivity index (χ0n) is 18.8. The molecular weight excluding hydrogens is 448 g/mol. The summed E-state index contributed by atoms with van der Waals surface area (Å²) in [4.78, 5) is 36.4. The summed E-state index contributed by atoms with van der Waals surface area (Å²) in [5.74, 6) is -1.13. The number of ether oxygens (including phenoxy) is 2. The summed E-state index contributed by atoms with van der Waals surface area (Å²) in [5.41, 5.74) is 8.03. The molecule has 3 aromatic carbocycles. The highest BCUT2D eigenvalue weighted by Gasteiger charge is 2.21. The molecule has 1 heterocycles. The average Bonchev–Trinajstić information content (AvgIpc) is 3.34. The molecule has 0 bridgehead atoms. The number of amides is 2. The maximum absolute atomic E-state index is 13.0. The Hall–Kier alpha value is -4.92. The number of carbonyl (C=O) groups excluding carboxylic acids is 3. The van der Waals surface area contributed by atoms with E-state index < -0.39 is 24.4 Å². The molecule has 0 saturated heterocycles. The summed E-state index contributed by atoms with van der Waals surface area (Å²) < 4.78 is 12.1. The lowest BCUT2D eigenvalue weighted by molar-refractivity contribution is -0.119. The highest BCUT2D eigenvalue weighted by Crippen LogP contribution is 2.26. The van der Waals surface area contributed by atoms with Crippen molar-refractivity contribution in [2.75, 3.05) is 19.0 Å². The molecule has 3 N–H and O–H groups in total. The van der Waals surface area contributed by atoms with Gasteiger partial charge < -0.3 is 20.5 Å². The van der Waals surface area contributed by atoms with E-state index in [0.717, 1.165) is 5.69 Å². The van der Waals surface area contributed by atoms with Crippen LogP contribution >= 0.6 is 0 Å². The third-order valence-corrected chi connectivity index (χ3v) is 5.11. The lowest BCUT2D eigenvalue weighted by atomic mass is 10.1. The van der Waals surface area contributed by atoms with Crippen molar-refractivity contribution in [3.63, 3.8) is 0 Å². The van der Waals surface area contributed by atoms with E-state index >= 15 is 0 Å². The fraction of sp³-hybridized carbons (Fsp3) is 0.0769. The first kappa shape index (κ1) is 23.2. The van der Waals surface area contributed by atoms with Crippen LogP contribution in [-0.2, 0) is 9.53 Å². The monoisotopic (exact) mass is 470 g/mol. The van der Waals surface area contributed by atoms with Crippen molar-refractivity contribution in [1.82, 2.24) is 9.78 Å². The van der Waals surface area contributed by atoms with E-state index in [1.807, 2.05) is 30.3 Å². The first-order chi connectivity index (χ1) is 16.9. The highest BCUT2D eigenvalue weighted by molar-refractivity contribution is 5.99. The van der Waals surface area contributed by atoms with E-state index in [1.165, 1.54) is 24.3 Å². The Kier molecular flexibility index (Phi) is 6.87.